The van der Waals surface area contributed by atoms with E-state index in [4.69, 9.17) is 10.5 Å². The number of nitrogen functional groups attached to an aromatic ring is 1. The van der Waals surface area contributed by atoms with Gasteiger partial charge in [-0.3, -0.25) is 0 Å². The smallest absolute Gasteiger partial charge is 0.340 e. The molecule has 0 aromatic heterocycles. The maximum atomic E-state index is 12.2. The van der Waals surface area contributed by atoms with Crippen molar-refractivity contribution in [3.8, 4) is 0 Å². The highest BCUT2D eigenvalue weighted by molar-refractivity contribution is 5.99. The molecule has 1 fully saturated rings. The van der Waals surface area contributed by atoms with Crippen molar-refractivity contribution in [2.24, 2.45) is 5.92 Å². The van der Waals surface area contributed by atoms with Crippen LogP contribution in [0.15, 0.2) is 18.2 Å². The fourth-order valence-corrected chi connectivity index (χ4v) is 3.09. The van der Waals surface area contributed by atoms with Crippen LogP contribution in [-0.4, -0.2) is 25.7 Å². The van der Waals surface area contributed by atoms with Gasteiger partial charge in [-0.1, -0.05) is 19.4 Å². The van der Waals surface area contributed by atoms with Crippen LogP contribution in [0.25, 0.3) is 0 Å². The summed E-state index contributed by atoms with van der Waals surface area (Å²) in [5.74, 6) is 0.502. The number of rotatable bonds is 4. The molecule has 2 N–H and O–H groups in total. The second-order valence-corrected chi connectivity index (χ2v) is 5.66. The highest BCUT2D eigenvalue weighted by Gasteiger charge is 2.23. The Balaban J connectivity index is 2.27. The lowest BCUT2D eigenvalue weighted by molar-refractivity contribution is 0.0527. The summed E-state index contributed by atoms with van der Waals surface area (Å²) < 4.78 is 5.17. The first-order valence-electron chi connectivity index (χ1n) is 7.97. The Morgan fingerprint density at radius 1 is 1.33 bits per heavy atom. The number of nitrogens with two attached hydrogens (primary N) is 1. The van der Waals surface area contributed by atoms with Crippen LogP contribution >= 0.6 is 0 Å². The van der Waals surface area contributed by atoms with Crippen molar-refractivity contribution < 1.29 is 9.53 Å². The minimum Gasteiger partial charge on any atom is -0.462 e. The summed E-state index contributed by atoms with van der Waals surface area (Å²) >= 11 is 0. The van der Waals surface area contributed by atoms with Crippen molar-refractivity contribution in [1.82, 2.24) is 0 Å². The second kappa shape index (κ2) is 7.34. The first-order valence-corrected chi connectivity index (χ1v) is 7.97. The third-order valence-electron chi connectivity index (χ3n) is 4.30. The topological polar surface area (TPSA) is 55.6 Å². The Morgan fingerprint density at radius 3 is 2.86 bits per heavy atom. The van der Waals surface area contributed by atoms with Crippen LogP contribution in [0.3, 0.4) is 0 Å². The number of hydrogen-bond donors (Lipinski definition) is 1. The van der Waals surface area contributed by atoms with E-state index in [9.17, 15) is 4.79 Å². The van der Waals surface area contributed by atoms with E-state index in [0.29, 0.717) is 17.9 Å². The van der Waals surface area contributed by atoms with Gasteiger partial charge in [-0.2, -0.15) is 0 Å². The van der Waals surface area contributed by atoms with Gasteiger partial charge in [0.25, 0.3) is 0 Å². The fourth-order valence-electron chi connectivity index (χ4n) is 3.09. The maximum Gasteiger partial charge on any atom is 0.340 e. The van der Waals surface area contributed by atoms with Gasteiger partial charge in [-0.15, -0.1) is 0 Å². The summed E-state index contributed by atoms with van der Waals surface area (Å²) in [6, 6.07) is 5.49. The van der Waals surface area contributed by atoms with Crippen LogP contribution in [0, 0.1) is 5.92 Å². The van der Waals surface area contributed by atoms with Gasteiger partial charge in [0.15, 0.2) is 0 Å². The minimum atomic E-state index is -0.281. The third-order valence-corrected chi connectivity index (χ3v) is 4.30. The molecule has 0 saturated carbocycles. The molecule has 116 valence electrons. The Bertz CT molecular complexity index is 488. The molecule has 4 heteroatoms. The molecule has 1 aliphatic heterocycles. The van der Waals surface area contributed by atoms with Crippen molar-refractivity contribution >= 4 is 17.3 Å². The lowest BCUT2D eigenvalue weighted by Crippen LogP contribution is -2.27. The van der Waals surface area contributed by atoms with Gasteiger partial charge in [0.1, 0.15) is 0 Å². The van der Waals surface area contributed by atoms with E-state index in [1.165, 1.54) is 12.8 Å². The number of benzene rings is 1. The van der Waals surface area contributed by atoms with Crippen molar-refractivity contribution in [1.29, 1.82) is 0 Å². The van der Waals surface area contributed by atoms with E-state index in [0.717, 1.165) is 37.5 Å². The first-order chi connectivity index (χ1) is 10.2. The van der Waals surface area contributed by atoms with Crippen molar-refractivity contribution in [2.45, 2.75) is 39.5 Å². The molecular formula is C17H26N2O2. The highest BCUT2D eigenvalue weighted by atomic mass is 16.5. The molecule has 1 aromatic rings. The molecule has 1 unspecified atom stereocenters. The van der Waals surface area contributed by atoms with Gasteiger partial charge < -0.3 is 15.4 Å². The zero-order valence-corrected chi connectivity index (χ0v) is 13.1. The average Bonchev–Trinajstić information content (AvgIpc) is 2.72. The van der Waals surface area contributed by atoms with Crippen LogP contribution in [0.4, 0.5) is 11.4 Å². The lowest BCUT2D eigenvalue weighted by Gasteiger charge is -2.26. The summed E-state index contributed by atoms with van der Waals surface area (Å²) in [5.41, 5.74) is 8.26. The molecule has 21 heavy (non-hydrogen) atoms. The zero-order chi connectivity index (χ0) is 15.2. The van der Waals surface area contributed by atoms with Crippen LogP contribution in [0.1, 0.15) is 49.9 Å². The zero-order valence-electron chi connectivity index (χ0n) is 13.1. The Morgan fingerprint density at radius 2 is 2.14 bits per heavy atom. The van der Waals surface area contributed by atoms with Gasteiger partial charge in [0.2, 0.25) is 0 Å². The van der Waals surface area contributed by atoms with E-state index in [2.05, 4.69) is 11.8 Å². The lowest BCUT2D eigenvalue weighted by atomic mass is 9.98. The maximum absolute atomic E-state index is 12.2. The SMILES string of the molecule is CCOC(=O)c1cccc(N)c1N1CCCC(CC)CC1. The van der Waals surface area contributed by atoms with Crippen molar-refractivity contribution in [3.63, 3.8) is 0 Å². The summed E-state index contributed by atoms with van der Waals surface area (Å²) in [6.07, 6.45) is 4.79. The predicted octanol–water partition coefficient (Wildman–Crippen LogP) is 3.46. The monoisotopic (exact) mass is 290 g/mol. The molecule has 0 aliphatic carbocycles. The standard InChI is InChI=1S/C17H26N2O2/c1-3-13-7-6-11-19(12-10-13)16-14(17(20)21-4-2)8-5-9-15(16)18/h5,8-9,13H,3-4,6-7,10-12,18H2,1-2H3. The number of para-hydroxylation sites is 1. The van der Waals surface area contributed by atoms with E-state index in [-0.39, 0.29) is 5.97 Å². The van der Waals surface area contributed by atoms with Crippen molar-refractivity contribution in [3.05, 3.63) is 23.8 Å². The quantitative estimate of drug-likeness (QED) is 0.681. The molecule has 1 atom stereocenters. The Hall–Kier alpha value is -1.71. The molecule has 0 amide bonds. The van der Waals surface area contributed by atoms with Gasteiger partial charge in [0.05, 0.1) is 23.5 Å². The van der Waals surface area contributed by atoms with Gasteiger partial charge >= 0.3 is 5.97 Å². The fraction of sp³-hybridized carbons (Fsp3) is 0.588. The van der Waals surface area contributed by atoms with Crippen molar-refractivity contribution in [2.75, 3.05) is 30.3 Å². The predicted molar refractivity (Wildman–Crippen MR) is 86.7 cm³/mol. The van der Waals surface area contributed by atoms with Crippen LogP contribution in [0.2, 0.25) is 0 Å². The molecule has 2 rings (SSSR count). The number of carbonyl (C=O) groups is 1. The van der Waals surface area contributed by atoms with E-state index in [1.54, 1.807) is 0 Å². The number of esters is 1. The molecule has 1 heterocycles. The van der Waals surface area contributed by atoms with Crippen LogP contribution in [-0.2, 0) is 4.74 Å². The Labute approximate surface area is 127 Å². The molecular weight excluding hydrogens is 264 g/mol. The van der Waals surface area contributed by atoms with Gasteiger partial charge in [-0.25, -0.2) is 4.79 Å². The first kappa shape index (κ1) is 15.7. The summed E-state index contributed by atoms with van der Waals surface area (Å²) in [5, 5.41) is 0. The van der Waals surface area contributed by atoms with E-state index < -0.39 is 0 Å². The highest BCUT2D eigenvalue weighted by Crippen LogP contribution is 2.32. The number of hydrogen-bond acceptors (Lipinski definition) is 4. The van der Waals surface area contributed by atoms with Crippen LogP contribution < -0.4 is 10.6 Å². The normalized spacial score (nSPS) is 19.1. The molecule has 0 radical (unpaired) electrons. The van der Waals surface area contributed by atoms with Crippen LogP contribution in [0.5, 0.6) is 0 Å². The summed E-state index contributed by atoms with van der Waals surface area (Å²) in [6.45, 7) is 6.37. The van der Waals surface area contributed by atoms with E-state index in [1.807, 2.05) is 25.1 Å². The molecule has 1 saturated heterocycles. The summed E-state index contributed by atoms with van der Waals surface area (Å²) in [7, 11) is 0. The molecule has 1 aliphatic rings. The molecule has 4 nitrogen and oxygen atoms in total. The second-order valence-electron chi connectivity index (χ2n) is 5.66. The molecule has 1 aromatic carbocycles. The Kier molecular flexibility index (Phi) is 5.48. The number of carbonyl (C=O) groups excluding carboxylic acids is 1. The average molecular weight is 290 g/mol. The summed E-state index contributed by atoms with van der Waals surface area (Å²) in [4.78, 5) is 14.4. The molecule has 0 bridgehead atoms. The number of ether oxygens (including phenoxy) is 1. The number of nitrogens with zero attached hydrogens (tertiary/aromatic N) is 1. The minimum absolute atomic E-state index is 0.281. The third kappa shape index (κ3) is 3.69. The number of anilines is 2. The van der Waals surface area contributed by atoms with E-state index >= 15 is 0 Å². The van der Waals surface area contributed by atoms with Gasteiger partial charge in [-0.05, 0) is 44.2 Å². The molecule has 0 spiro atoms. The largest absolute Gasteiger partial charge is 0.462 e. The van der Waals surface area contributed by atoms with Gasteiger partial charge in [0, 0.05) is 13.1 Å².